The van der Waals surface area contributed by atoms with Crippen molar-refractivity contribution < 1.29 is 23.0 Å². The number of benzene rings is 1. The van der Waals surface area contributed by atoms with Crippen LogP contribution in [0.3, 0.4) is 0 Å². The summed E-state index contributed by atoms with van der Waals surface area (Å²) in [5.41, 5.74) is -1.54. The van der Waals surface area contributed by atoms with Crippen LogP contribution in [0.4, 0.5) is 13.2 Å². The van der Waals surface area contributed by atoms with Crippen molar-refractivity contribution in [1.29, 1.82) is 0 Å². The van der Waals surface area contributed by atoms with E-state index >= 15 is 0 Å². The van der Waals surface area contributed by atoms with Gasteiger partial charge in [-0.1, -0.05) is 32.0 Å². The normalized spacial score (nSPS) is 26.4. The topological polar surface area (TPSA) is 29.5 Å². The molecule has 0 spiro atoms. The Morgan fingerprint density at radius 1 is 1.16 bits per heavy atom. The van der Waals surface area contributed by atoms with Gasteiger partial charge in [0.05, 0.1) is 5.60 Å². The zero-order valence-corrected chi connectivity index (χ0v) is 10.9. The number of hydrogen-bond donors (Lipinski definition) is 1. The molecule has 5 heteroatoms. The molecule has 0 saturated heterocycles. The molecule has 0 heterocycles. The summed E-state index contributed by atoms with van der Waals surface area (Å²) in [6.07, 6.45) is -2.76. The Bertz CT molecular complexity index is 468. The molecule has 1 N–H and O–H groups in total. The predicted octanol–water partition coefficient (Wildman–Crippen LogP) is 3.98. The maximum absolute atomic E-state index is 12.4. The highest BCUT2D eigenvalue weighted by molar-refractivity contribution is 5.40. The van der Waals surface area contributed by atoms with Crippen molar-refractivity contribution in [3.8, 4) is 5.75 Å². The smallest absolute Gasteiger partial charge is 0.405 e. The fourth-order valence-electron chi connectivity index (χ4n) is 2.85. The van der Waals surface area contributed by atoms with E-state index in [1.54, 1.807) is 6.07 Å². The minimum absolute atomic E-state index is 0.217. The first-order chi connectivity index (χ1) is 8.66. The first-order valence-corrected chi connectivity index (χ1v) is 6.23. The van der Waals surface area contributed by atoms with Crippen molar-refractivity contribution in [3.63, 3.8) is 0 Å². The van der Waals surface area contributed by atoms with Gasteiger partial charge in [0.25, 0.3) is 0 Å². The molecular weight excluding hydrogens is 257 g/mol. The van der Waals surface area contributed by atoms with Crippen molar-refractivity contribution in [2.24, 2.45) is 5.41 Å². The number of alkyl halides is 3. The lowest BCUT2D eigenvalue weighted by Crippen LogP contribution is -2.37. The molecule has 19 heavy (non-hydrogen) atoms. The molecule has 1 aromatic rings. The molecule has 106 valence electrons. The van der Waals surface area contributed by atoms with Crippen LogP contribution in [0.1, 0.15) is 38.7 Å². The zero-order valence-electron chi connectivity index (χ0n) is 10.9. The van der Waals surface area contributed by atoms with Crippen LogP contribution in [0.15, 0.2) is 24.3 Å². The van der Waals surface area contributed by atoms with Gasteiger partial charge in [-0.25, -0.2) is 0 Å². The van der Waals surface area contributed by atoms with Crippen molar-refractivity contribution >= 4 is 0 Å². The fourth-order valence-corrected chi connectivity index (χ4v) is 2.85. The number of rotatable bonds is 2. The molecule has 0 amide bonds. The third kappa shape index (κ3) is 2.56. The minimum atomic E-state index is -4.75. The van der Waals surface area contributed by atoms with E-state index < -0.39 is 17.4 Å². The van der Waals surface area contributed by atoms with Crippen molar-refractivity contribution in [1.82, 2.24) is 0 Å². The monoisotopic (exact) mass is 274 g/mol. The Morgan fingerprint density at radius 3 is 2.32 bits per heavy atom. The molecule has 0 radical (unpaired) electrons. The van der Waals surface area contributed by atoms with E-state index in [-0.39, 0.29) is 11.3 Å². The Morgan fingerprint density at radius 2 is 1.79 bits per heavy atom. The second-order valence-corrected chi connectivity index (χ2v) is 5.64. The summed E-state index contributed by atoms with van der Waals surface area (Å²) in [5, 5.41) is 10.8. The molecule has 1 aromatic carbocycles. The second kappa shape index (κ2) is 4.40. The van der Waals surface area contributed by atoms with Gasteiger partial charge < -0.3 is 9.84 Å². The van der Waals surface area contributed by atoms with E-state index in [9.17, 15) is 18.3 Å². The fraction of sp³-hybridized carbons (Fsp3) is 0.571. The quantitative estimate of drug-likeness (QED) is 0.883. The number of aliphatic hydroxyl groups is 1. The van der Waals surface area contributed by atoms with Crippen LogP contribution in [0.2, 0.25) is 0 Å². The molecule has 0 aliphatic heterocycles. The van der Waals surface area contributed by atoms with Crippen LogP contribution in [0.25, 0.3) is 0 Å². The molecule has 0 bridgehead atoms. The molecule has 1 unspecified atom stereocenters. The first kappa shape index (κ1) is 14.2. The lowest BCUT2D eigenvalue weighted by Gasteiger charge is -2.38. The van der Waals surface area contributed by atoms with Gasteiger partial charge in [0.2, 0.25) is 0 Å². The Balaban J connectivity index is 2.45. The number of hydrogen-bond acceptors (Lipinski definition) is 2. The summed E-state index contributed by atoms with van der Waals surface area (Å²) >= 11 is 0. The predicted molar refractivity (Wildman–Crippen MR) is 64.7 cm³/mol. The van der Waals surface area contributed by atoms with Gasteiger partial charge in [0.1, 0.15) is 5.75 Å². The van der Waals surface area contributed by atoms with E-state index in [0.29, 0.717) is 6.42 Å². The highest BCUT2D eigenvalue weighted by Crippen LogP contribution is 2.54. The highest BCUT2D eigenvalue weighted by Gasteiger charge is 2.50. The molecule has 2 rings (SSSR count). The number of halogens is 3. The third-order valence-electron chi connectivity index (χ3n) is 4.02. The largest absolute Gasteiger partial charge is 0.573 e. The van der Waals surface area contributed by atoms with Gasteiger partial charge in [-0.3, -0.25) is 0 Å². The van der Waals surface area contributed by atoms with E-state index in [1.807, 2.05) is 13.8 Å². The van der Waals surface area contributed by atoms with Crippen LogP contribution in [0.5, 0.6) is 5.75 Å². The standard InChI is InChI=1S/C14H17F3O2/c1-12(2)8-5-9-13(12,18)10-6-3-4-7-11(10)19-14(15,16)17/h3-4,6-7,18H,5,8-9H2,1-2H3. The lowest BCUT2D eigenvalue weighted by atomic mass is 9.73. The maximum Gasteiger partial charge on any atom is 0.573 e. The number of ether oxygens (including phenoxy) is 1. The summed E-state index contributed by atoms with van der Waals surface area (Å²) < 4.78 is 41.3. The maximum atomic E-state index is 12.4. The van der Waals surface area contributed by atoms with Gasteiger partial charge >= 0.3 is 6.36 Å². The lowest BCUT2D eigenvalue weighted by molar-refractivity contribution is -0.275. The minimum Gasteiger partial charge on any atom is -0.405 e. The molecule has 1 aliphatic carbocycles. The summed E-state index contributed by atoms with van der Waals surface area (Å²) in [7, 11) is 0. The highest BCUT2D eigenvalue weighted by atomic mass is 19.4. The van der Waals surface area contributed by atoms with Crippen LogP contribution >= 0.6 is 0 Å². The van der Waals surface area contributed by atoms with Gasteiger partial charge in [-0.15, -0.1) is 13.2 Å². The Hall–Kier alpha value is -1.23. The van der Waals surface area contributed by atoms with Crippen molar-refractivity contribution in [3.05, 3.63) is 29.8 Å². The summed E-state index contributed by atoms with van der Waals surface area (Å²) in [6, 6.07) is 5.84. The van der Waals surface area contributed by atoms with Crippen LogP contribution in [-0.2, 0) is 5.60 Å². The van der Waals surface area contributed by atoms with Crippen molar-refractivity contribution in [2.75, 3.05) is 0 Å². The second-order valence-electron chi connectivity index (χ2n) is 5.64. The van der Waals surface area contributed by atoms with E-state index in [0.717, 1.165) is 12.8 Å². The molecule has 0 aromatic heterocycles. The van der Waals surface area contributed by atoms with E-state index in [1.165, 1.54) is 18.2 Å². The first-order valence-electron chi connectivity index (χ1n) is 6.23. The Kier molecular flexibility index (Phi) is 3.29. The molecule has 1 atom stereocenters. The zero-order chi connectivity index (χ0) is 14.3. The molecule has 1 saturated carbocycles. The van der Waals surface area contributed by atoms with Gasteiger partial charge in [0.15, 0.2) is 0 Å². The number of para-hydroxylation sites is 1. The van der Waals surface area contributed by atoms with Crippen molar-refractivity contribution in [2.45, 2.75) is 45.1 Å². The molecule has 2 nitrogen and oxygen atoms in total. The molecular formula is C14H17F3O2. The summed E-state index contributed by atoms with van der Waals surface area (Å²) in [4.78, 5) is 0. The molecule has 1 fully saturated rings. The SMILES string of the molecule is CC1(C)CCCC1(O)c1ccccc1OC(F)(F)F. The molecule has 1 aliphatic rings. The van der Waals surface area contributed by atoms with Crippen LogP contribution in [-0.4, -0.2) is 11.5 Å². The van der Waals surface area contributed by atoms with Crippen LogP contribution < -0.4 is 4.74 Å². The van der Waals surface area contributed by atoms with Gasteiger partial charge in [-0.2, -0.15) is 0 Å². The average molecular weight is 274 g/mol. The van der Waals surface area contributed by atoms with Gasteiger partial charge in [-0.05, 0) is 30.7 Å². The van der Waals surface area contributed by atoms with E-state index in [2.05, 4.69) is 4.74 Å². The van der Waals surface area contributed by atoms with Gasteiger partial charge in [0, 0.05) is 5.56 Å². The summed E-state index contributed by atoms with van der Waals surface area (Å²) in [5.74, 6) is -0.313. The third-order valence-corrected chi connectivity index (χ3v) is 4.02. The Labute approximate surface area is 110 Å². The summed E-state index contributed by atoms with van der Waals surface area (Å²) in [6.45, 7) is 3.73. The van der Waals surface area contributed by atoms with Crippen LogP contribution in [0, 0.1) is 5.41 Å². The average Bonchev–Trinajstić information content (AvgIpc) is 2.52. The van der Waals surface area contributed by atoms with E-state index in [4.69, 9.17) is 0 Å².